The molecule has 0 spiro atoms. The maximum Gasteiger partial charge on any atom is 0.262 e. The number of nitrogens with zero attached hydrogens (tertiary/aromatic N) is 3. The molecule has 5 heteroatoms. The first-order valence-corrected chi connectivity index (χ1v) is 4.09. The van der Waals surface area contributed by atoms with Gasteiger partial charge in [-0.25, -0.2) is 4.99 Å². The second-order valence-electron chi connectivity index (χ2n) is 2.29. The first-order valence-electron chi connectivity index (χ1n) is 3.55. The maximum atomic E-state index is 10.7. The van der Waals surface area contributed by atoms with Crippen LogP contribution in [0.4, 0.5) is 0 Å². The van der Waals surface area contributed by atoms with Crippen LogP contribution in [0.2, 0.25) is 0 Å². The van der Waals surface area contributed by atoms with Gasteiger partial charge in [0.25, 0.3) is 5.91 Å². The summed E-state index contributed by atoms with van der Waals surface area (Å²) in [5.41, 5.74) is 0. The molecule has 0 aromatic carbocycles. The topological polar surface area (TPSA) is 65.6 Å². The Hall–Kier alpha value is -1.47. The number of halogens is 1. The van der Waals surface area contributed by atoms with Crippen LogP contribution in [-0.4, -0.2) is 23.8 Å². The van der Waals surface area contributed by atoms with E-state index in [1.54, 1.807) is 6.08 Å². The Morgan fingerprint density at radius 1 is 1.85 bits per heavy atom. The summed E-state index contributed by atoms with van der Waals surface area (Å²) in [5.74, 6) is -0.634. The Morgan fingerprint density at radius 2 is 2.62 bits per heavy atom. The van der Waals surface area contributed by atoms with E-state index >= 15 is 0 Å². The van der Waals surface area contributed by atoms with Gasteiger partial charge in [0.2, 0.25) is 0 Å². The van der Waals surface area contributed by atoms with Gasteiger partial charge in [-0.3, -0.25) is 4.79 Å². The van der Waals surface area contributed by atoms with E-state index in [9.17, 15) is 4.79 Å². The normalized spacial score (nSPS) is 23.1. The summed E-state index contributed by atoms with van der Waals surface area (Å²) in [4.78, 5) is 18.1. The second kappa shape index (κ2) is 4.53. The highest BCUT2D eigenvalue weighted by atomic mass is 35.5. The molecule has 4 nitrogen and oxygen atoms in total. The van der Waals surface area contributed by atoms with Gasteiger partial charge >= 0.3 is 0 Å². The van der Waals surface area contributed by atoms with Crippen LogP contribution in [0.3, 0.4) is 0 Å². The molecule has 66 valence electrons. The van der Waals surface area contributed by atoms with E-state index in [-0.39, 0.29) is 17.6 Å². The van der Waals surface area contributed by atoms with E-state index < -0.39 is 5.91 Å². The SMILES string of the molecule is N#CC1C=CC(=NC(=O)CCl)N=C1. The lowest BCUT2D eigenvalue weighted by atomic mass is 10.1. The number of amides is 1. The second-order valence-corrected chi connectivity index (χ2v) is 2.56. The third-order valence-electron chi connectivity index (χ3n) is 1.32. The summed E-state index contributed by atoms with van der Waals surface area (Å²) in [5, 5.41) is 8.48. The monoisotopic (exact) mass is 195 g/mol. The van der Waals surface area contributed by atoms with Crippen LogP contribution >= 0.6 is 11.6 Å². The van der Waals surface area contributed by atoms with Crippen LogP contribution in [0.1, 0.15) is 0 Å². The molecule has 0 aliphatic carbocycles. The highest BCUT2D eigenvalue weighted by molar-refractivity contribution is 6.28. The number of allylic oxidation sites excluding steroid dienone is 1. The van der Waals surface area contributed by atoms with Crippen LogP contribution in [-0.2, 0) is 4.79 Å². The molecule has 1 aliphatic heterocycles. The number of alkyl halides is 1. The number of aliphatic imine (C=N–C) groups is 2. The summed E-state index contributed by atoms with van der Waals surface area (Å²) in [6.07, 6.45) is 4.58. The van der Waals surface area contributed by atoms with Gasteiger partial charge in [0.1, 0.15) is 11.8 Å². The fourth-order valence-electron chi connectivity index (χ4n) is 0.739. The average molecular weight is 196 g/mol. The Morgan fingerprint density at radius 3 is 3.08 bits per heavy atom. The minimum atomic E-state index is -0.436. The Kier molecular flexibility index (Phi) is 3.35. The van der Waals surface area contributed by atoms with Crippen LogP contribution < -0.4 is 0 Å². The number of carbonyl (C=O) groups excluding carboxylic acids is 1. The van der Waals surface area contributed by atoms with Crippen molar-refractivity contribution in [1.29, 1.82) is 5.26 Å². The minimum absolute atomic E-state index is 0.158. The summed E-state index contributed by atoms with van der Waals surface area (Å²) in [6.45, 7) is 0. The molecule has 1 unspecified atom stereocenters. The quantitative estimate of drug-likeness (QED) is 0.585. The third kappa shape index (κ3) is 2.80. The van der Waals surface area contributed by atoms with Crippen molar-refractivity contribution >= 4 is 29.6 Å². The number of hydrogen-bond acceptors (Lipinski definition) is 2. The standard InChI is InChI=1S/C8H6ClN3O/c9-3-8(13)12-7-2-1-6(4-10)5-11-7/h1-2,5-6H,3H2. The van der Waals surface area contributed by atoms with Crippen LogP contribution in [0.25, 0.3) is 0 Å². The molecule has 0 N–H and O–H groups in total. The summed E-state index contributed by atoms with van der Waals surface area (Å²) < 4.78 is 0. The largest absolute Gasteiger partial charge is 0.271 e. The molecule has 1 rings (SSSR count). The molecule has 1 aliphatic rings. The zero-order chi connectivity index (χ0) is 9.68. The van der Waals surface area contributed by atoms with Gasteiger partial charge in [-0.05, 0) is 6.08 Å². The number of rotatable bonds is 1. The van der Waals surface area contributed by atoms with E-state index in [0.717, 1.165) is 0 Å². The Bertz CT molecular complexity index is 322. The van der Waals surface area contributed by atoms with Gasteiger partial charge in [0.05, 0.1) is 6.07 Å². The molecule has 1 atom stereocenters. The molecule has 0 aromatic heterocycles. The van der Waals surface area contributed by atoms with Crippen molar-refractivity contribution in [2.24, 2.45) is 15.9 Å². The van der Waals surface area contributed by atoms with E-state index in [0.29, 0.717) is 0 Å². The van der Waals surface area contributed by atoms with E-state index in [1.807, 2.05) is 6.07 Å². The van der Waals surface area contributed by atoms with Crippen molar-refractivity contribution in [1.82, 2.24) is 0 Å². The smallest absolute Gasteiger partial charge is 0.262 e. The lowest BCUT2D eigenvalue weighted by molar-refractivity contribution is -0.115. The summed E-state index contributed by atoms with van der Waals surface area (Å²) in [7, 11) is 0. The zero-order valence-electron chi connectivity index (χ0n) is 6.64. The fourth-order valence-corrected chi connectivity index (χ4v) is 0.799. The third-order valence-corrected chi connectivity index (χ3v) is 1.55. The number of hydrogen-bond donors (Lipinski definition) is 0. The van der Waals surface area contributed by atoms with Gasteiger partial charge < -0.3 is 0 Å². The number of dihydropyridines is 1. The fraction of sp³-hybridized carbons (Fsp3) is 0.250. The highest BCUT2D eigenvalue weighted by Gasteiger charge is 2.06. The summed E-state index contributed by atoms with van der Waals surface area (Å²) in [6, 6.07) is 1.99. The zero-order valence-corrected chi connectivity index (χ0v) is 7.40. The van der Waals surface area contributed by atoms with Crippen molar-refractivity contribution in [3.05, 3.63) is 12.2 Å². The van der Waals surface area contributed by atoms with Crippen molar-refractivity contribution < 1.29 is 4.79 Å². The van der Waals surface area contributed by atoms with Gasteiger partial charge in [-0.2, -0.15) is 10.3 Å². The molecule has 1 amide bonds. The van der Waals surface area contributed by atoms with Gasteiger partial charge in [-0.15, -0.1) is 11.6 Å². The molecule has 0 saturated heterocycles. The molecule has 0 radical (unpaired) electrons. The summed E-state index contributed by atoms with van der Waals surface area (Å²) >= 11 is 5.24. The van der Waals surface area contributed by atoms with Crippen LogP contribution in [0, 0.1) is 17.2 Å². The molecule has 0 bridgehead atoms. The van der Waals surface area contributed by atoms with Crippen molar-refractivity contribution in [2.75, 3.05) is 5.88 Å². The predicted octanol–water partition coefficient (Wildman–Crippen LogP) is 0.931. The van der Waals surface area contributed by atoms with Crippen molar-refractivity contribution in [3.8, 4) is 6.07 Å². The lowest BCUT2D eigenvalue weighted by Gasteiger charge is -2.01. The molecule has 13 heavy (non-hydrogen) atoms. The van der Waals surface area contributed by atoms with Crippen molar-refractivity contribution in [2.45, 2.75) is 0 Å². The van der Waals surface area contributed by atoms with Gasteiger partial charge in [-0.1, -0.05) is 6.08 Å². The predicted molar refractivity (Wildman–Crippen MR) is 49.9 cm³/mol. The highest BCUT2D eigenvalue weighted by Crippen LogP contribution is 2.01. The minimum Gasteiger partial charge on any atom is -0.271 e. The lowest BCUT2D eigenvalue weighted by Crippen LogP contribution is -2.07. The Balaban J connectivity index is 2.70. The van der Waals surface area contributed by atoms with E-state index in [1.165, 1.54) is 12.3 Å². The van der Waals surface area contributed by atoms with Gasteiger partial charge in [0.15, 0.2) is 5.84 Å². The molecule has 0 fully saturated rings. The van der Waals surface area contributed by atoms with Gasteiger partial charge in [0, 0.05) is 6.21 Å². The van der Waals surface area contributed by atoms with Crippen LogP contribution in [0.5, 0.6) is 0 Å². The number of amidine groups is 1. The molecule has 0 saturated carbocycles. The molecule has 1 heterocycles. The number of nitriles is 1. The van der Waals surface area contributed by atoms with Crippen LogP contribution in [0.15, 0.2) is 22.1 Å². The number of carbonyl (C=O) groups is 1. The average Bonchev–Trinajstić information content (AvgIpc) is 2.19. The maximum absolute atomic E-state index is 10.7. The molecular formula is C8H6ClN3O. The molecular weight excluding hydrogens is 190 g/mol. The first kappa shape index (κ1) is 9.62. The Labute approximate surface area is 80.2 Å². The molecule has 0 aromatic rings. The van der Waals surface area contributed by atoms with E-state index in [4.69, 9.17) is 16.9 Å². The first-order chi connectivity index (χ1) is 6.26. The van der Waals surface area contributed by atoms with E-state index in [2.05, 4.69) is 9.98 Å². The van der Waals surface area contributed by atoms with Crippen molar-refractivity contribution in [3.63, 3.8) is 0 Å².